The van der Waals surface area contributed by atoms with Gasteiger partial charge in [0.15, 0.2) is 11.8 Å². The number of hydrogen-bond donors (Lipinski definition) is 1. The number of aliphatic carboxylic acids is 1. The summed E-state index contributed by atoms with van der Waals surface area (Å²) >= 11 is 0. The third-order valence-electron chi connectivity index (χ3n) is 3.58. The van der Waals surface area contributed by atoms with Gasteiger partial charge < -0.3 is 14.4 Å². The molecule has 0 amide bonds. The minimum atomic E-state index is -0.905. The summed E-state index contributed by atoms with van der Waals surface area (Å²) in [6.45, 7) is 4.12. The number of carboxylic acids is 1. The Labute approximate surface area is 116 Å². The van der Waals surface area contributed by atoms with Gasteiger partial charge in [-0.15, -0.1) is 0 Å². The summed E-state index contributed by atoms with van der Waals surface area (Å²) in [6, 6.07) is 3.95. The SMILES string of the molecule is CC(C)n1c(C2CCC(C(=O)O)O2)nc2cccnc21. The van der Waals surface area contributed by atoms with Gasteiger partial charge >= 0.3 is 5.97 Å². The maximum absolute atomic E-state index is 11.0. The number of carboxylic acid groups (broad SMARTS) is 1. The summed E-state index contributed by atoms with van der Waals surface area (Å²) in [5, 5.41) is 9.03. The first-order valence-electron chi connectivity index (χ1n) is 6.79. The molecule has 3 rings (SSSR count). The van der Waals surface area contributed by atoms with Crippen molar-refractivity contribution < 1.29 is 14.6 Å². The first kappa shape index (κ1) is 13.1. The number of fused-ring (bicyclic) bond motifs is 1. The highest BCUT2D eigenvalue weighted by molar-refractivity contribution is 5.73. The molecule has 0 aromatic carbocycles. The second-order valence-corrected chi connectivity index (χ2v) is 5.31. The number of aromatic nitrogens is 3. The Morgan fingerprint density at radius 1 is 1.50 bits per heavy atom. The Balaban J connectivity index is 2.03. The molecule has 0 aliphatic carbocycles. The molecule has 1 N–H and O–H groups in total. The normalized spacial score (nSPS) is 22.8. The van der Waals surface area contributed by atoms with Gasteiger partial charge in [0.25, 0.3) is 0 Å². The average molecular weight is 275 g/mol. The smallest absolute Gasteiger partial charge is 0.332 e. The van der Waals surface area contributed by atoms with Crippen LogP contribution in [-0.2, 0) is 9.53 Å². The maximum Gasteiger partial charge on any atom is 0.332 e. The summed E-state index contributed by atoms with van der Waals surface area (Å²) in [5.74, 6) is -0.129. The van der Waals surface area contributed by atoms with Crippen molar-refractivity contribution in [3.05, 3.63) is 24.2 Å². The lowest BCUT2D eigenvalue weighted by Crippen LogP contribution is -2.19. The molecule has 1 aliphatic rings. The standard InChI is InChI=1S/C14H17N3O3/c1-8(2)17-12-9(4-3-7-15-12)16-13(17)10-5-6-11(20-10)14(18)19/h3-4,7-8,10-11H,5-6H2,1-2H3,(H,18,19). The van der Waals surface area contributed by atoms with Crippen molar-refractivity contribution in [3.8, 4) is 0 Å². The Morgan fingerprint density at radius 2 is 2.30 bits per heavy atom. The molecule has 1 fully saturated rings. The molecule has 0 spiro atoms. The molecule has 3 heterocycles. The van der Waals surface area contributed by atoms with Gasteiger partial charge in [-0.3, -0.25) is 0 Å². The van der Waals surface area contributed by atoms with Gasteiger partial charge in [-0.05, 0) is 38.8 Å². The summed E-state index contributed by atoms with van der Waals surface area (Å²) in [4.78, 5) is 20.0. The summed E-state index contributed by atoms with van der Waals surface area (Å²) in [7, 11) is 0. The molecule has 0 saturated carbocycles. The van der Waals surface area contributed by atoms with Crippen LogP contribution >= 0.6 is 0 Å². The third-order valence-corrected chi connectivity index (χ3v) is 3.58. The molecule has 0 bridgehead atoms. The molecule has 2 aromatic heterocycles. The van der Waals surface area contributed by atoms with Crippen molar-refractivity contribution >= 4 is 17.1 Å². The number of pyridine rings is 1. The van der Waals surface area contributed by atoms with E-state index in [-0.39, 0.29) is 12.1 Å². The van der Waals surface area contributed by atoms with Crippen molar-refractivity contribution in [1.29, 1.82) is 0 Å². The average Bonchev–Trinajstić information content (AvgIpc) is 3.02. The lowest BCUT2D eigenvalue weighted by Gasteiger charge is -2.16. The maximum atomic E-state index is 11.0. The van der Waals surface area contributed by atoms with Crippen LogP contribution in [0.2, 0.25) is 0 Å². The molecule has 6 heteroatoms. The second kappa shape index (κ2) is 4.86. The molecule has 1 saturated heterocycles. The van der Waals surface area contributed by atoms with E-state index in [1.807, 2.05) is 16.7 Å². The number of rotatable bonds is 3. The summed E-state index contributed by atoms with van der Waals surface area (Å²) < 4.78 is 7.65. The summed E-state index contributed by atoms with van der Waals surface area (Å²) in [5.41, 5.74) is 1.64. The lowest BCUT2D eigenvalue weighted by atomic mass is 10.2. The van der Waals surface area contributed by atoms with Crippen LogP contribution in [0.25, 0.3) is 11.2 Å². The van der Waals surface area contributed by atoms with Crippen LogP contribution in [0.4, 0.5) is 0 Å². The highest BCUT2D eigenvalue weighted by atomic mass is 16.5. The van der Waals surface area contributed by atoms with Crippen LogP contribution in [-0.4, -0.2) is 31.7 Å². The van der Waals surface area contributed by atoms with Crippen molar-refractivity contribution in [3.63, 3.8) is 0 Å². The van der Waals surface area contributed by atoms with Crippen LogP contribution in [0.1, 0.15) is 44.7 Å². The zero-order valence-electron chi connectivity index (χ0n) is 11.5. The van der Waals surface area contributed by atoms with E-state index in [1.165, 1.54) is 0 Å². The largest absolute Gasteiger partial charge is 0.479 e. The minimum absolute atomic E-state index is 0.192. The molecule has 20 heavy (non-hydrogen) atoms. The van der Waals surface area contributed by atoms with Crippen LogP contribution < -0.4 is 0 Å². The van der Waals surface area contributed by atoms with Gasteiger partial charge in [0.2, 0.25) is 0 Å². The fourth-order valence-corrected chi connectivity index (χ4v) is 2.69. The first-order chi connectivity index (χ1) is 9.58. The first-order valence-corrected chi connectivity index (χ1v) is 6.79. The van der Waals surface area contributed by atoms with E-state index in [4.69, 9.17) is 9.84 Å². The molecule has 6 nitrogen and oxygen atoms in total. The van der Waals surface area contributed by atoms with E-state index in [9.17, 15) is 4.79 Å². The van der Waals surface area contributed by atoms with Gasteiger partial charge in [0, 0.05) is 12.2 Å². The number of carbonyl (C=O) groups is 1. The van der Waals surface area contributed by atoms with E-state index in [0.29, 0.717) is 12.8 Å². The van der Waals surface area contributed by atoms with E-state index < -0.39 is 12.1 Å². The molecule has 2 atom stereocenters. The van der Waals surface area contributed by atoms with E-state index in [2.05, 4.69) is 23.8 Å². The van der Waals surface area contributed by atoms with Gasteiger partial charge in [-0.1, -0.05) is 0 Å². The Morgan fingerprint density at radius 3 is 2.95 bits per heavy atom. The zero-order valence-corrected chi connectivity index (χ0v) is 11.5. The van der Waals surface area contributed by atoms with Crippen molar-refractivity contribution in [1.82, 2.24) is 14.5 Å². The number of nitrogens with zero attached hydrogens (tertiary/aromatic N) is 3. The molecular formula is C14H17N3O3. The fraction of sp³-hybridized carbons (Fsp3) is 0.500. The van der Waals surface area contributed by atoms with Gasteiger partial charge in [-0.2, -0.15) is 0 Å². The number of imidazole rings is 1. The molecule has 2 aromatic rings. The Kier molecular flexibility index (Phi) is 3.17. The van der Waals surface area contributed by atoms with Crippen LogP contribution in [0.15, 0.2) is 18.3 Å². The van der Waals surface area contributed by atoms with Crippen molar-refractivity contribution in [2.75, 3.05) is 0 Å². The quantitative estimate of drug-likeness (QED) is 0.930. The molecule has 2 unspecified atom stereocenters. The van der Waals surface area contributed by atoms with Crippen molar-refractivity contribution in [2.24, 2.45) is 0 Å². The lowest BCUT2D eigenvalue weighted by molar-refractivity contribution is -0.149. The van der Waals surface area contributed by atoms with Gasteiger partial charge in [0.1, 0.15) is 17.4 Å². The predicted molar refractivity (Wildman–Crippen MR) is 72.4 cm³/mol. The van der Waals surface area contributed by atoms with Crippen LogP contribution in [0.3, 0.4) is 0 Å². The third kappa shape index (κ3) is 2.06. The second-order valence-electron chi connectivity index (χ2n) is 5.31. The monoisotopic (exact) mass is 275 g/mol. The number of ether oxygens (including phenoxy) is 1. The van der Waals surface area contributed by atoms with Gasteiger partial charge in [0.05, 0.1) is 0 Å². The van der Waals surface area contributed by atoms with Crippen LogP contribution in [0.5, 0.6) is 0 Å². The molecular weight excluding hydrogens is 258 g/mol. The van der Waals surface area contributed by atoms with Gasteiger partial charge in [-0.25, -0.2) is 14.8 Å². The van der Waals surface area contributed by atoms with E-state index >= 15 is 0 Å². The topological polar surface area (TPSA) is 77.2 Å². The Hall–Kier alpha value is -1.95. The van der Waals surface area contributed by atoms with E-state index in [0.717, 1.165) is 17.0 Å². The highest BCUT2D eigenvalue weighted by Gasteiger charge is 2.34. The van der Waals surface area contributed by atoms with Crippen LogP contribution in [0, 0.1) is 0 Å². The molecule has 1 aliphatic heterocycles. The Bertz CT molecular complexity index is 650. The highest BCUT2D eigenvalue weighted by Crippen LogP contribution is 2.35. The fourth-order valence-electron chi connectivity index (χ4n) is 2.69. The zero-order chi connectivity index (χ0) is 14.3. The minimum Gasteiger partial charge on any atom is -0.479 e. The van der Waals surface area contributed by atoms with E-state index in [1.54, 1.807) is 6.20 Å². The van der Waals surface area contributed by atoms with Crippen molar-refractivity contribution in [2.45, 2.75) is 44.9 Å². The molecule has 106 valence electrons. The summed E-state index contributed by atoms with van der Waals surface area (Å²) in [6.07, 6.45) is 1.94. The predicted octanol–water partition coefficient (Wildman–Crippen LogP) is 2.32. The molecule has 0 radical (unpaired) electrons. The number of hydrogen-bond acceptors (Lipinski definition) is 4.